The molecule has 3 aromatic carbocycles. The molecule has 2 saturated heterocycles. The maximum Gasteiger partial charge on any atom is 0.337 e. The van der Waals surface area contributed by atoms with Crippen LogP contribution in [0.2, 0.25) is 0 Å². The first kappa shape index (κ1) is 28.6. The zero-order chi connectivity index (χ0) is 30.4. The van der Waals surface area contributed by atoms with Crippen LogP contribution >= 0.6 is 0 Å². The highest BCUT2D eigenvalue weighted by molar-refractivity contribution is 5.93. The summed E-state index contributed by atoms with van der Waals surface area (Å²) < 4.78 is 40.3. The monoisotopic (exact) mass is 600 g/mol. The highest BCUT2D eigenvalue weighted by Crippen LogP contribution is 2.44. The fourth-order valence-corrected chi connectivity index (χ4v) is 6.38. The van der Waals surface area contributed by atoms with Crippen LogP contribution in [-0.2, 0) is 22.6 Å². The van der Waals surface area contributed by atoms with Crippen LogP contribution in [0.25, 0.3) is 11.0 Å². The van der Waals surface area contributed by atoms with Crippen LogP contribution < -0.4 is 14.4 Å². The molecule has 0 aliphatic carbocycles. The molecule has 2 fully saturated rings. The van der Waals surface area contributed by atoms with E-state index in [0.717, 1.165) is 60.8 Å². The standard InChI is InChI=1S/C34H37FN4O5/c1-21-7-9-25(26(35)15-21)31-20-43-30-6-4-5-28(33(30)44-31)38-13-12-37(22(2)17-38)19-32-36-27-10-8-23(34(40)41-3)16-29(27)39(32)18-24-11-14-42-24/h4-10,15-16,22,24,31H,11-14,17-20H2,1-3H3/t22-,24-,31?/m0/s1. The van der Waals surface area contributed by atoms with E-state index in [1.165, 1.54) is 13.2 Å². The Morgan fingerprint density at radius 1 is 1.14 bits per heavy atom. The highest BCUT2D eigenvalue weighted by atomic mass is 19.1. The topological polar surface area (TPSA) is 78.3 Å². The Morgan fingerprint density at radius 3 is 2.75 bits per heavy atom. The van der Waals surface area contributed by atoms with Gasteiger partial charge in [0.25, 0.3) is 0 Å². The third-order valence-corrected chi connectivity index (χ3v) is 8.99. The van der Waals surface area contributed by atoms with Crippen molar-refractivity contribution >= 4 is 22.7 Å². The second-order valence-corrected chi connectivity index (χ2v) is 11.9. The fourth-order valence-electron chi connectivity index (χ4n) is 6.38. The van der Waals surface area contributed by atoms with Crippen LogP contribution in [0.15, 0.2) is 54.6 Å². The van der Waals surface area contributed by atoms with E-state index in [-0.39, 0.29) is 30.5 Å². The van der Waals surface area contributed by atoms with Crippen molar-refractivity contribution < 1.29 is 28.1 Å². The van der Waals surface area contributed by atoms with Crippen molar-refractivity contribution in [2.45, 2.75) is 51.6 Å². The van der Waals surface area contributed by atoms with Crippen molar-refractivity contribution in [1.82, 2.24) is 14.5 Å². The van der Waals surface area contributed by atoms with Gasteiger partial charge >= 0.3 is 5.97 Å². The maximum absolute atomic E-state index is 14.8. The Kier molecular flexibility index (Phi) is 7.63. The number of esters is 1. The third kappa shape index (κ3) is 5.37. The lowest BCUT2D eigenvalue weighted by Gasteiger charge is -2.42. The molecule has 0 N–H and O–H groups in total. The molecule has 230 valence electrons. The van der Waals surface area contributed by atoms with Gasteiger partial charge in [0.15, 0.2) is 17.6 Å². The first-order valence-corrected chi connectivity index (χ1v) is 15.2. The molecule has 10 heteroatoms. The SMILES string of the molecule is COC(=O)c1ccc2nc(CN3CCN(c4cccc5c4OC(c4ccc(C)cc4F)CO5)C[C@@H]3C)n(C[C@@H]3CCO3)c2c1. The number of rotatable bonds is 7. The Bertz CT molecular complexity index is 1700. The summed E-state index contributed by atoms with van der Waals surface area (Å²) in [6, 6.07) is 16.9. The van der Waals surface area contributed by atoms with E-state index < -0.39 is 6.10 Å². The summed E-state index contributed by atoms with van der Waals surface area (Å²) in [5.41, 5.74) is 4.60. The number of hydrogen-bond acceptors (Lipinski definition) is 8. The molecule has 0 bridgehead atoms. The van der Waals surface area contributed by atoms with Crippen molar-refractivity contribution in [2.75, 3.05) is 44.9 Å². The summed E-state index contributed by atoms with van der Waals surface area (Å²) in [6.07, 6.45) is 0.636. The number of hydrogen-bond donors (Lipinski definition) is 0. The summed E-state index contributed by atoms with van der Waals surface area (Å²) in [5, 5.41) is 0. The number of piperazine rings is 1. The zero-order valence-corrected chi connectivity index (χ0v) is 25.3. The minimum atomic E-state index is -0.518. The first-order valence-electron chi connectivity index (χ1n) is 15.2. The fraction of sp³-hybridized carbons (Fsp3) is 0.412. The van der Waals surface area contributed by atoms with E-state index in [4.69, 9.17) is 23.9 Å². The summed E-state index contributed by atoms with van der Waals surface area (Å²) >= 11 is 0. The predicted octanol–water partition coefficient (Wildman–Crippen LogP) is 5.28. The summed E-state index contributed by atoms with van der Waals surface area (Å²) in [4.78, 5) is 22.0. The van der Waals surface area contributed by atoms with Crippen molar-refractivity contribution in [2.24, 2.45) is 0 Å². The average molecular weight is 601 g/mol. The van der Waals surface area contributed by atoms with Gasteiger partial charge in [-0.05, 0) is 62.2 Å². The highest BCUT2D eigenvalue weighted by Gasteiger charge is 2.32. The molecule has 3 aliphatic heterocycles. The average Bonchev–Trinajstić information content (AvgIpc) is 3.34. The summed E-state index contributed by atoms with van der Waals surface area (Å²) in [7, 11) is 1.39. The molecule has 0 saturated carbocycles. The number of para-hydroxylation sites is 1. The smallest absolute Gasteiger partial charge is 0.337 e. The van der Waals surface area contributed by atoms with Crippen LogP contribution in [0.5, 0.6) is 11.5 Å². The number of nitrogens with zero attached hydrogens (tertiary/aromatic N) is 4. The Labute approximate surface area is 256 Å². The Balaban J connectivity index is 1.10. The van der Waals surface area contributed by atoms with Crippen LogP contribution in [0.3, 0.4) is 0 Å². The van der Waals surface area contributed by atoms with Crippen LogP contribution in [-0.4, -0.2) is 72.5 Å². The van der Waals surface area contributed by atoms with Gasteiger partial charge in [0, 0.05) is 37.8 Å². The van der Waals surface area contributed by atoms with Gasteiger partial charge in [-0.2, -0.15) is 0 Å². The number of carbonyl (C=O) groups is 1. The number of carbonyl (C=O) groups excluding carboxylic acids is 1. The minimum absolute atomic E-state index is 0.144. The van der Waals surface area contributed by atoms with Gasteiger partial charge in [0.2, 0.25) is 0 Å². The second-order valence-electron chi connectivity index (χ2n) is 11.9. The molecule has 1 unspecified atom stereocenters. The predicted molar refractivity (Wildman–Crippen MR) is 164 cm³/mol. The van der Waals surface area contributed by atoms with Crippen LogP contribution in [0.4, 0.5) is 10.1 Å². The van der Waals surface area contributed by atoms with Crippen molar-refractivity contribution in [3.8, 4) is 11.5 Å². The number of ether oxygens (including phenoxy) is 4. The molecule has 4 heterocycles. The van der Waals surface area contributed by atoms with Gasteiger partial charge in [-0.25, -0.2) is 14.2 Å². The lowest BCUT2D eigenvalue weighted by Crippen LogP contribution is -2.52. The minimum Gasteiger partial charge on any atom is -0.485 e. The number of anilines is 1. The second kappa shape index (κ2) is 11.7. The van der Waals surface area contributed by atoms with Crippen LogP contribution in [0.1, 0.15) is 46.8 Å². The van der Waals surface area contributed by atoms with E-state index in [1.54, 1.807) is 12.1 Å². The van der Waals surface area contributed by atoms with E-state index in [0.29, 0.717) is 35.7 Å². The van der Waals surface area contributed by atoms with E-state index in [1.807, 2.05) is 37.3 Å². The molecule has 1 aromatic heterocycles. The van der Waals surface area contributed by atoms with E-state index in [9.17, 15) is 9.18 Å². The molecule has 0 spiro atoms. The molecular weight excluding hydrogens is 563 g/mol. The van der Waals surface area contributed by atoms with Crippen molar-refractivity contribution in [3.63, 3.8) is 0 Å². The maximum atomic E-state index is 14.8. The van der Waals surface area contributed by atoms with E-state index >= 15 is 0 Å². The number of aryl methyl sites for hydroxylation is 1. The largest absolute Gasteiger partial charge is 0.485 e. The number of methoxy groups -OCH3 is 1. The van der Waals surface area contributed by atoms with Gasteiger partial charge < -0.3 is 28.4 Å². The summed E-state index contributed by atoms with van der Waals surface area (Å²) in [6.45, 7) is 8.88. The normalized spacial score (nSPS) is 21.7. The molecule has 0 radical (unpaired) electrons. The molecule has 3 aliphatic rings. The van der Waals surface area contributed by atoms with Gasteiger partial charge in [0.05, 0.1) is 48.6 Å². The van der Waals surface area contributed by atoms with Crippen LogP contribution in [0, 0.1) is 12.7 Å². The Morgan fingerprint density at radius 2 is 2.00 bits per heavy atom. The van der Waals surface area contributed by atoms with Gasteiger partial charge in [0.1, 0.15) is 18.2 Å². The molecule has 44 heavy (non-hydrogen) atoms. The van der Waals surface area contributed by atoms with Crippen molar-refractivity contribution in [1.29, 1.82) is 0 Å². The molecular formula is C34H37FN4O5. The zero-order valence-electron chi connectivity index (χ0n) is 25.3. The number of aromatic nitrogens is 2. The molecule has 3 atom stereocenters. The van der Waals surface area contributed by atoms with Crippen molar-refractivity contribution in [3.05, 3.63) is 82.9 Å². The molecule has 7 rings (SSSR count). The molecule has 4 aromatic rings. The van der Waals surface area contributed by atoms with Gasteiger partial charge in [-0.15, -0.1) is 0 Å². The number of halogens is 1. The lowest BCUT2D eigenvalue weighted by molar-refractivity contribution is -0.0592. The first-order chi connectivity index (χ1) is 21.4. The number of fused-ring (bicyclic) bond motifs is 2. The molecule has 9 nitrogen and oxygen atoms in total. The molecule has 0 amide bonds. The van der Waals surface area contributed by atoms with Gasteiger partial charge in [-0.1, -0.05) is 18.2 Å². The third-order valence-electron chi connectivity index (χ3n) is 8.99. The summed E-state index contributed by atoms with van der Waals surface area (Å²) in [5.74, 6) is 1.65. The van der Waals surface area contributed by atoms with E-state index in [2.05, 4.69) is 27.4 Å². The number of imidazole rings is 1. The number of benzene rings is 3. The lowest BCUT2D eigenvalue weighted by atomic mass is 10.1. The quantitative estimate of drug-likeness (QED) is 0.265. The van der Waals surface area contributed by atoms with Gasteiger partial charge in [-0.3, -0.25) is 4.90 Å². The Hall–Kier alpha value is -4.15.